The van der Waals surface area contributed by atoms with Crippen LogP contribution < -0.4 is 10.0 Å². The van der Waals surface area contributed by atoms with Crippen LogP contribution in [0.1, 0.15) is 40.4 Å². The highest BCUT2D eigenvalue weighted by atomic mass is 32.2. The first-order chi connectivity index (χ1) is 12.5. The zero-order valence-electron chi connectivity index (χ0n) is 14.4. The largest absolute Gasteiger partial charge is 0.326 e. The van der Waals surface area contributed by atoms with E-state index in [0.29, 0.717) is 12.2 Å². The fraction of sp³-hybridized carbons (Fsp3) is 0.444. The number of carbonyl (C=O) groups is 1. The van der Waals surface area contributed by atoms with Crippen LogP contribution in [0, 0.1) is 0 Å². The van der Waals surface area contributed by atoms with Crippen LogP contribution in [0.25, 0.3) is 0 Å². The van der Waals surface area contributed by atoms with E-state index in [1.165, 1.54) is 29.5 Å². The zero-order valence-corrected chi connectivity index (χ0v) is 16.0. The molecule has 2 aromatic rings. The smallest absolute Gasteiger partial charge is 0.240 e. The molecule has 0 radical (unpaired) electrons. The third kappa shape index (κ3) is 3.67. The molecule has 0 fully saturated rings. The van der Waals surface area contributed by atoms with E-state index in [1.807, 2.05) is 0 Å². The number of aryl methyl sites for hydroxylation is 3. The van der Waals surface area contributed by atoms with Crippen molar-refractivity contribution in [3.8, 4) is 0 Å². The molecule has 1 amide bonds. The maximum atomic E-state index is 12.5. The van der Waals surface area contributed by atoms with Gasteiger partial charge in [0, 0.05) is 23.5 Å². The molecule has 26 heavy (non-hydrogen) atoms. The summed E-state index contributed by atoms with van der Waals surface area (Å²) < 4.78 is 27.6. The Labute approximate surface area is 157 Å². The summed E-state index contributed by atoms with van der Waals surface area (Å²) in [6, 6.07) is 4.75. The summed E-state index contributed by atoms with van der Waals surface area (Å²) in [5, 5.41) is 3.82. The minimum atomic E-state index is -3.56. The summed E-state index contributed by atoms with van der Waals surface area (Å²) in [5.41, 5.74) is 2.67. The number of sulfonamides is 1. The minimum Gasteiger partial charge on any atom is -0.326 e. The summed E-state index contributed by atoms with van der Waals surface area (Å²) in [6.45, 7) is 0.376. The molecule has 2 aliphatic rings. The van der Waals surface area contributed by atoms with Gasteiger partial charge in [-0.1, -0.05) is 0 Å². The Kier molecular flexibility index (Phi) is 4.81. The van der Waals surface area contributed by atoms with Gasteiger partial charge in [-0.3, -0.25) is 4.79 Å². The van der Waals surface area contributed by atoms with Crippen molar-refractivity contribution in [3.05, 3.63) is 39.3 Å². The summed E-state index contributed by atoms with van der Waals surface area (Å²) in [7, 11) is -3.56. The van der Waals surface area contributed by atoms with Gasteiger partial charge in [0.15, 0.2) is 0 Å². The van der Waals surface area contributed by atoms with Crippen molar-refractivity contribution >= 4 is 33.0 Å². The SMILES string of the molecule is O=C1Cc2cc(S(=O)(=O)NCCCc3nc4c(s3)CCCC4)ccc2N1. The van der Waals surface area contributed by atoms with Crippen LogP contribution in [-0.2, 0) is 40.5 Å². The number of amides is 1. The van der Waals surface area contributed by atoms with Crippen molar-refractivity contribution in [1.29, 1.82) is 0 Å². The van der Waals surface area contributed by atoms with Crippen molar-refractivity contribution < 1.29 is 13.2 Å². The van der Waals surface area contributed by atoms with Crippen LogP contribution in [0.15, 0.2) is 23.1 Å². The van der Waals surface area contributed by atoms with Gasteiger partial charge in [-0.05, 0) is 55.9 Å². The van der Waals surface area contributed by atoms with E-state index in [4.69, 9.17) is 4.98 Å². The number of anilines is 1. The highest BCUT2D eigenvalue weighted by Crippen LogP contribution is 2.27. The Bertz CT molecular complexity index is 927. The van der Waals surface area contributed by atoms with E-state index in [0.717, 1.165) is 36.3 Å². The summed E-state index contributed by atoms with van der Waals surface area (Å²) in [4.78, 5) is 17.7. The standard InChI is InChI=1S/C18H21N3O3S2/c22-17-11-12-10-13(7-8-14(12)20-17)26(23,24)19-9-3-6-18-21-15-4-1-2-5-16(15)25-18/h7-8,10,19H,1-6,9,11H2,(H,20,22). The van der Waals surface area contributed by atoms with Crippen molar-refractivity contribution in [2.75, 3.05) is 11.9 Å². The van der Waals surface area contributed by atoms with E-state index in [2.05, 4.69) is 10.0 Å². The quantitative estimate of drug-likeness (QED) is 0.740. The first kappa shape index (κ1) is 17.6. The number of nitrogens with zero attached hydrogens (tertiary/aromatic N) is 1. The van der Waals surface area contributed by atoms with Gasteiger partial charge in [0.05, 0.1) is 22.0 Å². The van der Waals surface area contributed by atoms with Gasteiger partial charge in [-0.2, -0.15) is 0 Å². The maximum absolute atomic E-state index is 12.5. The lowest BCUT2D eigenvalue weighted by Crippen LogP contribution is -2.25. The van der Waals surface area contributed by atoms with Crippen LogP contribution in [0.5, 0.6) is 0 Å². The molecule has 1 aliphatic heterocycles. The third-order valence-corrected chi connectivity index (χ3v) is 7.44. The van der Waals surface area contributed by atoms with E-state index < -0.39 is 10.0 Å². The van der Waals surface area contributed by atoms with Gasteiger partial charge in [-0.15, -0.1) is 11.3 Å². The van der Waals surface area contributed by atoms with Crippen LogP contribution in [0.4, 0.5) is 5.69 Å². The average Bonchev–Trinajstić information content (AvgIpc) is 3.19. The molecule has 1 aromatic heterocycles. The first-order valence-electron chi connectivity index (χ1n) is 8.91. The number of hydrogen-bond acceptors (Lipinski definition) is 5. The summed E-state index contributed by atoms with van der Waals surface area (Å²) in [6.07, 6.45) is 6.42. The predicted octanol–water partition coefficient (Wildman–Crippen LogP) is 2.43. The number of rotatable bonds is 6. The first-order valence-corrected chi connectivity index (χ1v) is 11.2. The molecule has 8 heteroatoms. The van der Waals surface area contributed by atoms with Crippen LogP contribution in [0.3, 0.4) is 0 Å². The van der Waals surface area contributed by atoms with E-state index >= 15 is 0 Å². The Morgan fingerprint density at radius 3 is 2.92 bits per heavy atom. The van der Waals surface area contributed by atoms with Crippen LogP contribution in [-0.4, -0.2) is 25.9 Å². The van der Waals surface area contributed by atoms with Gasteiger partial charge in [0.2, 0.25) is 15.9 Å². The zero-order chi connectivity index (χ0) is 18.1. The van der Waals surface area contributed by atoms with Crippen molar-refractivity contribution in [2.45, 2.75) is 49.8 Å². The second-order valence-corrected chi connectivity index (χ2v) is 9.66. The summed E-state index contributed by atoms with van der Waals surface area (Å²) >= 11 is 1.78. The Morgan fingerprint density at radius 2 is 2.08 bits per heavy atom. The molecular weight excluding hydrogens is 370 g/mol. The molecule has 0 spiro atoms. The molecule has 1 aromatic carbocycles. The lowest BCUT2D eigenvalue weighted by molar-refractivity contribution is -0.115. The predicted molar refractivity (Wildman–Crippen MR) is 101 cm³/mol. The van der Waals surface area contributed by atoms with Crippen molar-refractivity contribution in [1.82, 2.24) is 9.71 Å². The normalized spacial score (nSPS) is 16.2. The second kappa shape index (κ2) is 7.09. The second-order valence-electron chi connectivity index (χ2n) is 6.73. The molecule has 1 aliphatic carbocycles. The number of nitrogens with one attached hydrogen (secondary N) is 2. The number of aromatic nitrogens is 1. The molecule has 138 valence electrons. The van der Waals surface area contributed by atoms with Crippen molar-refractivity contribution in [2.24, 2.45) is 0 Å². The van der Waals surface area contributed by atoms with E-state index in [9.17, 15) is 13.2 Å². The number of carbonyl (C=O) groups excluding carboxylic acids is 1. The van der Waals surface area contributed by atoms with Gasteiger partial charge in [-0.25, -0.2) is 18.1 Å². The van der Waals surface area contributed by atoms with Gasteiger partial charge in [0.25, 0.3) is 0 Å². The monoisotopic (exact) mass is 391 g/mol. The number of hydrogen-bond donors (Lipinski definition) is 2. The Morgan fingerprint density at radius 1 is 1.23 bits per heavy atom. The highest BCUT2D eigenvalue weighted by Gasteiger charge is 2.21. The molecular formula is C18H21N3O3S2. The maximum Gasteiger partial charge on any atom is 0.240 e. The van der Waals surface area contributed by atoms with E-state index in [-0.39, 0.29) is 17.2 Å². The molecule has 0 unspecified atom stereocenters. The van der Waals surface area contributed by atoms with Gasteiger partial charge >= 0.3 is 0 Å². The molecule has 0 bridgehead atoms. The number of fused-ring (bicyclic) bond motifs is 2. The molecule has 6 nitrogen and oxygen atoms in total. The molecule has 2 heterocycles. The minimum absolute atomic E-state index is 0.103. The third-order valence-electron chi connectivity index (χ3n) is 4.76. The molecule has 0 saturated heterocycles. The fourth-order valence-corrected chi connectivity index (χ4v) is 5.74. The topological polar surface area (TPSA) is 88.2 Å². The molecule has 2 N–H and O–H groups in total. The molecule has 0 saturated carbocycles. The summed E-state index contributed by atoms with van der Waals surface area (Å²) in [5.74, 6) is -0.103. The fourth-order valence-electron chi connectivity index (χ4n) is 3.41. The highest BCUT2D eigenvalue weighted by molar-refractivity contribution is 7.89. The number of benzene rings is 1. The molecule has 0 atom stereocenters. The van der Waals surface area contributed by atoms with Gasteiger partial charge in [0.1, 0.15) is 0 Å². The average molecular weight is 392 g/mol. The van der Waals surface area contributed by atoms with Crippen molar-refractivity contribution in [3.63, 3.8) is 0 Å². The molecule has 4 rings (SSSR count). The Hall–Kier alpha value is -1.77. The van der Waals surface area contributed by atoms with Crippen LogP contribution >= 0.6 is 11.3 Å². The number of thiazole rings is 1. The van der Waals surface area contributed by atoms with E-state index in [1.54, 1.807) is 23.5 Å². The van der Waals surface area contributed by atoms with Gasteiger partial charge < -0.3 is 5.32 Å². The lowest BCUT2D eigenvalue weighted by atomic mass is 10.0. The lowest BCUT2D eigenvalue weighted by Gasteiger charge is -2.07. The van der Waals surface area contributed by atoms with Crippen LogP contribution in [0.2, 0.25) is 0 Å². The Balaban J connectivity index is 1.33.